The standard InChI is InChI=1S/C16H12Cl3NO3S/c17-11-2-4-12(5-3-11)24(22,23)13-8-20(9-13)16(21)10-1-6-14(18)15(19)7-10/h1-7,13H,8-9H2. The zero-order valence-corrected chi connectivity index (χ0v) is 15.3. The summed E-state index contributed by atoms with van der Waals surface area (Å²) in [7, 11) is -3.48. The number of halogens is 3. The highest BCUT2D eigenvalue weighted by Crippen LogP contribution is 2.28. The Morgan fingerprint density at radius 3 is 2.17 bits per heavy atom. The highest BCUT2D eigenvalue weighted by Gasteiger charge is 2.40. The smallest absolute Gasteiger partial charge is 0.253 e. The van der Waals surface area contributed by atoms with Crippen LogP contribution < -0.4 is 0 Å². The van der Waals surface area contributed by atoms with Crippen molar-refractivity contribution in [2.45, 2.75) is 10.1 Å². The van der Waals surface area contributed by atoms with Crippen LogP contribution in [0.4, 0.5) is 0 Å². The molecule has 0 aromatic heterocycles. The molecule has 126 valence electrons. The van der Waals surface area contributed by atoms with Gasteiger partial charge in [-0.25, -0.2) is 8.42 Å². The number of nitrogens with zero attached hydrogens (tertiary/aromatic N) is 1. The lowest BCUT2D eigenvalue weighted by molar-refractivity contribution is 0.0659. The maximum atomic E-state index is 12.5. The van der Waals surface area contributed by atoms with Crippen LogP contribution >= 0.6 is 34.8 Å². The van der Waals surface area contributed by atoms with E-state index in [-0.39, 0.29) is 28.9 Å². The Labute approximate surface area is 154 Å². The molecule has 8 heteroatoms. The summed E-state index contributed by atoms with van der Waals surface area (Å²) in [4.78, 5) is 14.0. The quantitative estimate of drug-likeness (QED) is 0.778. The predicted molar refractivity (Wildman–Crippen MR) is 94.8 cm³/mol. The molecule has 0 bridgehead atoms. The number of likely N-dealkylation sites (tertiary alicyclic amines) is 1. The Morgan fingerprint density at radius 2 is 1.58 bits per heavy atom. The lowest BCUT2D eigenvalue weighted by atomic mass is 10.1. The minimum atomic E-state index is -3.48. The van der Waals surface area contributed by atoms with E-state index >= 15 is 0 Å². The molecule has 0 N–H and O–H groups in total. The number of amides is 1. The first-order valence-corrected chi connectivity index (χ1v) is 9.71. The molecule has 1 aliphatic heterocycles. The maximum absolute atomic E-state index is 12.5. The average molecular weight is 405 g/mol. The van der Waals surface area contributed by atoms with Crippen LogP contribution in [0.5, 0.6) is 0 Å². The second kappa shape index (κ2) is 6.56. The van der Waals surface area contributed by atoms with Crippen LogP contribution in [-0.2, 0) is 9.84 Å². The van der Waals surface area contributed by atoms with E-state index in [1.54, 1.807) is 12.1 Å². The van der Waals surface area contributed by atoms with Crippen LogP contribution in [0.1, 0.15) is 10.4 Å². The molecule has 4 nitrogen and oxygen atoms in total. The van der Waals surface area contributed by atoms with Gasteiger partial charge in [-0.1, -0.05) is 34.8 Å². The fraction of sp³-hybridized carbons (Fsp3) is 0.188. The SMILES string of the molecule is O=C(c1ccc(Cl)c(Cl)c1)N1CC(S(=O)(=O)c2ccc(Cl)cc2)C1. The van der Waals surface area contributed by atoms with Gasteiger partial charge in [0, 0.05) is 23.7 Å². The summed E-state index contributed by atoms with van der Waals surface area (Å²) < 4.78 is 25.0. The molecular weight excluding hydrogens is 393 g/mol. The van der Waals surface area contributed by atoms with E-state index < -0.39 is 15.1 Å². The second-order valence-corrected chi connectivity index (χ2v) is 8.94. The van der Waals surface area contributed by atoms with E-state index in [0.717, 1.165) is 0 Å². The van der Waals surface area contributed by atoms with Gasteiger partial charge in [-0.2, -0.15) is 0 Å². The molecule has 2 aromatic carbocycles. The predicted octanol–water partition coefficient (Wildman–Crippen LogP) is 3.95. The van der Waals surface area contributed by atoms with E-state index in [2.05, 4.69) is 0 Å². The number of hydrogen-bond donors (Lipinski definition) is 0. The lowest BCUT2D eigenvalue weighted by Gasteiger charge is -2.38. The molecule has 1 heterocycles. The Kier molecular flexibility index (Phi) is 4.80. The average Bonchev–Trinajstić information content (AvgIpc) is 2.48. The van der Waals surface area contributed by atoms with Crippen molar-refractivity contribution in [1.29, 1.82) is 0 Å². The highest BCUT2D eigenvalue weighted by molar-refractivity contribution is 7.92. The normalized spacial score (nSPS) is 15.2. The molecular formula is C16H12Cl3NO3S. The van der Waals surface area contributed by atoms with Crippen molar-refractivity contribution in [3.05, 3.63) is 63.1 Å². The molecule has 1 saturated heterocycles. The molecule has 1 amide bonds. The molecule has 0 aliphatic carbocycles. The first kappa shape index (κ1) is 17.5. The van der Waals surface area contributed by atoms with Crippen LogP contribution in [0.3, 0.4) is 0 Å². The molecule has 0 radical (unpaired) electrons. The van der Waals surface area contributed by atoms with Crippen LogP contribution in [0.2, 0.25) is 15.1 Å². The monoisotopic (exact) mass is 403 g/mol. The van der Waals surface area contributed by atoms with Crippen molar-refractivity contribution in [3.8, 4) is 0 Å². The molecule has 24 heavy (non-hydrogen) atoms. The van der Waals surface area contributed by atoms with Crippen molar-refractivity contribution in [1.82, 2.24) is 4.90 Å². The number of rotatable bonds is 3. The first-order valence-electron chi connectivity index (χ1n) is 7.03. The minimum absolute atomic E-state index is 0.143. The minimum Gasteiger partial charge on any atom is -0.336 e. The summed E-state index contributed by atoms with van der Waals surface area (Å²) in [5.41, 5.74) is 0.381. The summed E-state index contributed by atoms with van der Waals surface area (Å²) in [5, 5.41) is 0.498. The topological polar surface area (TPSA) is 54.5 Å². The fourth-order valence-corrected chi connectivity index (χ4v) is 4.51. The zero-order valence-electron chi connectivity index (χ0n) is 12.2. The number of carbonyl (C=O) groups is 1. The van der Waals surface area contributed by atoms with Gasteiger partial charge in [0.05, 0.1) is 14.9 Å². The fourth-order valence-electron chi connectivity index (χ4n) is 2.43. The summed E-state index contributed by atoms with van der Waals surface area (Å²) in [6, 6.07) is 10.6. The van der Waals surface area contributed by atoms with Crippen molar-refractivity contribution in [2.24, 2.45) is 0 Å². The molecule has 3 rings (SSSR count). The molecule has 0 atom stereocenters. The van der Waals surface area contributed by atoms with E-state index in [4.69, 9.17) is 34.8 Å². The molecule has 0 saturated carbocycles. The molecule has 2 aromatic rings. The molecule has 0 spiro atoms. The summed E-state index contributed by atoms with van der Waals surface area (Å²) >= 11 is 17.5. The Hall–Kier alpha value is -1.27. The van der Waals surface area contributed by atoms with Gasteiger partial charge < -0.3 is 4.90 Å². The lowest BCUT2D eigenvalue weighted by Crippen LogP contribution is -2.56. The van der Waals surface area contributed by atoms with Crippen molar-refractivity contribution >= 4 is 50.5 Å². The number of carbonyl (C=O) groups excluding carboxylic acids is 1. The summed E-state index contributed by atoms with van der Waals surface area (Å²) in [6.07, 6.45) is 0. The summed E-state index contributed by atoms with van der Waals surface area (Å²) in [6.45, 7) is 0.286. The van der Waals surface area contributed by atoms with Crippen LogP contribution in [0.15, 0.2) is 47.4 Å². The largest absolute Gasteiger partial charge is 0.336 e. The van der Waals surface area contributed by atoms with E-state index in [1.165, 1.54) is 35.2 Å². The number of hydrogen-bond acceptors (Lipinski definition) is 3. The number of sulfone groups is 1. The van der Waals surface area contributed by atoms with Gasteiger partial charge in [-0.15, -0.1) is 0 Å². The van der Waals surface area contributed by atoms with E-state index in [1.807, 2.05) is 0 Å². The second-order valence-electron chi connectivity index (χ2n) is 5.46. The third-order valence-corrected chi connectivity index (χ3v) is 6.98. The van der Waals surface area contributed by atoms with Gasteiger partial charge in [-0.05, 0) is 42.5 Å². The van der Waals surface area contributed by atoms with Crippen LogP contribution in [0.25, 0.3) is 0 Å². The molecule has 1 aliphatic rings. The van der Waals surface area contributed by atoms with Crippen molar-refractivity contribution in [2.75, 3.05) is 13.1 Å². The van der Waals surface area contributed by atoms with E-state index in [0.29, 0.717) is 15.6 Å². The van der Waals surface area contributed by atoms with Crippen LogP contribution in [0, 0.1) is 0 Å². The Balaban J connectivity index is 1.71. The third-order valence-electron chi connectivity index (χ3n) is 3.88. The Bertz CT molecular complexity index is 891. The zero-order chi connectivity index (χ0) is 17.5. The van der Waals surface area contributed by atoms with Gasteiger partial charge in [0.25, 0.3) is 5.91 Å². The number of benzene rings is 2. The highest BCUT2D eigenvalue weighted by atomic mass is 35.5. The van der Waals surface area contributed by atoms with Gasteiger partial charge >= 0.3 is 0 Å². The van der Waals surface area contributed by atoms with Gasteiger partial charge in [0.15, 0.2) is 9.84 Å². The van der Waals surface area contributed by atoms with Gasteiger partial charge in [-0.3, -0.25) is 4.79 Å². The van der Waals surface area contributed by atoms with Crippen LogP contribution in [-0.4, -0.2) is 37.6 Å². The maximum Gasteiger partial charge on any atom is 0.253 e. The molecule has 0 unspecified atom stereocenters. The Morgan fingerprint density at radius 1 is 0.958 bits per heavy atom. The van der Waals surface area contributed by atoms with Gasteiger partial charge in [0.1, 0.15) is 5.25 Å². The summed E-state index contributed by atoms with van der Waals surface area (Å²) in [5.74, 6) is -0.267. The van der Waals surface area contributed by atoms with Crippen molar-refractivity contribution < 1.29 is 13.2 Å². The van der Waals surface area contributed by atoms with Gasteiger partial charge in [0.2, 0.25) is 0 Å². The first-order chi connectivity index (χ1) is 11.3. The van der Waals surface area contributed by atoms with E-state index in [9.17, 15) is 13.2 Å². The van der Waals surface area contributed by atoms with Crippen molar-refractivity contribution in [3.63, 3.8) is 0 Å². The third kappa shape index (κ3) is 3.26. The molecule has 1 fully saturated rings.